The van der Waals surface area contributed by atoms with Gasteiger partial charge in [-0.25, -0.2) is 4.79 Å². The largest absolute Gasteiger partial charge is 0.452 e. The highest BCUT2D eigenvalue weighted by Gasteiger charge is 2.28. The second-order valence-electron chi connectivity index (χ2n) is 6.98. The molecule has 1 aliphatic rings. The van der Waals surface area contributed by atoms with Crippen molar-refractivity contribution in [2.24, 2.45) is 0 Å². The van der Waals surface area contributed by atoms with Crippen molar-refractivity contribution in [3.8, 4) is 11.5 Å². The summed E-state index contributed by atoms with van der Waals surface area (Å²) < 4.78 is 12.0. The first-order valence-corrected chi connectivity index (χ1v) is 10.0. The predicted octanol–water partition coefficient (Wildman–Crippen LogP) is 5.35. The van der Waals surface area contributed by atoms with Crippen molar-refractivity contribution in [1.29, 1.82) is 0 Å². The molecule has 0 amide bonds. The summed E-state index contributed by atoms with van der Waals surface area (Å²) in [6.45, 7) is 0. The van der Waals surface area contributed by atoms with Crippen molar-refractivity contribution in [1.82, 2.24) is 0 Å². The summed E-state index contributed by atoms with van der Waals surface area (Å²) in [6.07, 6.45) is 1.70. The molecule has 0 spiro atoms. The molecule has 30 heavy (non-hydrogen) atoms. The smallest absolute Gasteiger partial charge is 0.343 e. The minimum absolute atomic E-state index is 0.201. The van der Waals surface area contributed by atoms with E-state index < -0.39 is 5.97 Å². The number of fused-ring (bicyclic) bond motifs is 1. The number of allylic oxidation sites excluding steroid dienone is 1. The van der Waals surface area contributed by atoms with Crippen molar-refractivity contribution in [2.75, 3.05) is 19.0 Å². The predicted molar refractivity (Wildman–Crippen MR) is 119 cm³/mol. The lowest BCUT2D eigenvalue weighted by Gasteiger charge is -2.11. The van der Waals surface area contributed by atoms with Gasteiger partial charge in [-0.2, -0.15) is 0 Å². The van der Waals surface area contributed by atoms with Crippen LogP contribution in [0.4, 0.5) is 5.69 Å². The van der Waals surface area contributed by atoms with Gasteiger partial charge in [0.05, 0.1) is 11.1 Å². The normalized spacial score (nSPS) is 13.7. The number of Topliss-reactive ketones (excluding diaryl/α,β-unsaturated/α-hetero) is 1. The molecule has 0 bridgehead atoms. The van der Waals surface area contributed by atoms with Gasteiger partial charge < -0.3 is 14.4 Å². The number of halogens is 1. The second-order valence-corrected chi connectivity index (χ2v) is 7.90. The van der Waals surface area contributed by atoms with Crippen LogP contribution in [0.15, 0.2) is 77.0 Å². The fourth-order valence-corrected chi connectivity index (χ4v) is 3.27. The standard InChI is InChI=1S/C24H18BrNO4/c1-26(2)18-9-3-15(4-10-18)13-22-23(27)20-12-11-19(14-21(20)30-22)29-24(28)16-5-7-17(25)8-6-16/h3-14H,1-2H3/b22-13-. The number of carbonyl (C=O) groups is 2. The molecule has 0 atom stereocenters. The van der Waals surface area contributed by atoms with Crippen LogP contribution >= 0.6 is 15.9 Å². The molecule has 1 aliphatic heterocycles. The minimum Gasteiger partial charge on any atom is -0.452 e. The number of rotatable bonds is 4. The summed E-state index contributed by atoms with van der Waals surface area (Å²) in [6, 6.07) is 19.4. The third-order valence-corrected chi connectivity index (χ3v) is 5.17. The molecule has 1 heterocycles. The topological polar surface area (TPSA) is 55.8 Å². The molecular formula is C24H18BrNO4. The van der Waals surface area contributed by atoms with Gasteiger partial charge in [-0.05, 0) is 60.2 Å². The fraction of sp³-hybridized carbons (Fsp3) is 0.0833. The zero-order valence-electron chi connectivity index (χ0n) is 16.4. The van der Waals surface area contributed by atoms with E-state index in [1.165, 1.54) is 0 Å². The lowest BCUT2D eigenvalue weighted by atomic mass is 10.1. The number of anilines is 1. The van der Waals surface area contributed by atoms with Crippen LogP contribution in [0.5, 0.6) is 11.5 Å². The van der Waals surface area contributed by atoms with E-state index in [1.807, 2.05) is 43.3 Å². The molecule has 0 aromatic heterocycles. The number of hydrogen-bond acceptors (Lipinski definition) is 5. The Balaban J connectivity index is 1.52. The van der Waals surface area contributed by atoms with Crippen LogP contribution in [0.3, 0.4) is 0 Å². The van der Waals surface area contributed by atoms with Gasteiger partial charge in [0.2, 0.25) is 5.78 Å². The SMILES string of the molecule is CN(C)c1ccc(/C=C2\Oc3cc(OC(=O)c4ccc(Br)cc4)ccc3C2=O)cc1. The molecule has 0 N–H and O–H groups in total. The maximum absolute atomic E-state index is 12.6. The Kier molecular flexibility index (Phi) is 5.42. The Morgan fingerprint density at radius 1 is 1.00 bits per heavy atom. The van der Waals surface area contributed by atoms with Crippen LogP contribution < -0.4 is 14.4 Å². The summed E-state index contributed by atoms with van der Waals surface area (Å²) in [5, 5.41) is 0. The first kappa shape index (κ1) is 19.9. The summed E-state index contributed by atoms with van der Waals surface area (Å²) in [5.74, 6) is 0.235. The molecule has 3 aromatic carbocycles. The molecule has 0 saturated carbocycles. The van der Waals surface area contributed by atoms with Crippen molar-refractivity contribution in [2.45, 2.75) is 0 Å². The fourth-order valence-electron chi connectivity index (χ4n) is 3.00. The maximum Gasteiger partial charge on any atom is 0.343 e. The zero-order valence-corrected chi connectivity index (χ0v) is 18.0. The van der Waals surface area contributed by atoms with Crippen LogP contribution in [0.1, 0.15) is 26.3 Å². The first-order valence-electron chi connectivity index (χ1n) is 9.24. The van der Waals surface area contributed by atoms with Gasteiger partial charge in [0, 0.05) is 30.3 Å². The molecular weight excluding hydrogens is 446 g/mol. The molecule has 0 fully saturated rings. The van der Waals surface area contributed by atoms with E-state index in [4.69, 9.17) is 9.47 Å². The number of carbonyl (C=O) groups excluding carboxylic acids is 2. The molecule has 4 rings (SSSR count). The number of ketones is 1. The van der Waals surface area contributed by atoms with Crippen LogP contribution in [0, 0.1) is 0 Å². The molecule has 0 radical (unpaired) electrons. The van der Waals surface area contributed by atoms with Gasteiger partial charge in [-0.1, -0.05) is 28.1 Å². The van der Waals surface area contributed by atoms with E-state index in [9.17, 15) is 9.59 Å². The molecule has 0 unspecified atom stereocenters. The number of esters is 1. The average Bonchev–Trinajstić information content (AvgIpc) is 3.03. The monoisotopic (exact) mass is 463 g/mol. The van der Waals surface area contributed by atoms with Gasteiger partial charge in [-0.3, -0.25) is 4.79 Å². The molecule has 3 aromatic rings. The van der Waals surface area contributed by atoms with Crippen molar-refractivity contribution in [3.05, 3.63) is 93.7 Å². The Morgan fingerprint density at radius 3 is 2.37 bits per heavy atom. The van der Waals surface area contributed by atoms with E-state index >= 15 is 0 Å². The third kappa shape index (κ3) is 4.14. The van der Waals surface area contributed by atoms with Gasteiger partial charge in [0.15, 0.2) is 5.76 Å². The van der Waals surface area contributed by atoms with Gasteiger partial charge in [0.1, 0.15) is 11.5 Å². The van der Waals surface area contributed by atoms with E-state index in [-0.39, 0.29) is 11.5 Å². The Morgan fingerprint density at radius 2 is 1.70 bits per heavy atom. The Labute approximate surface area is 182 Å². The van der Waals surface area contributed by atoms with E-state index in [0.717, 1.165) is 15.7 Å². The highest BCUT2D eigenvalue weighted by molar-refractivity contribution is 9.10. The zero-order chi connectivity index (χ0) is 21.3. The summed E-state index contributed by atoms with van der Waals surface area (Å²) in [4.78, 5) is 27.0. The highest BCUT2D eigenvalue weighted by atomic mass is 79.9. The quantitative estimate of drug-likeness (QED) is 0.296. The van der Waals surface area contributed by atoms with E-state index in [0.29, 0.717) is 22.6 Å². The maximum atomic E-state index is 12.6. The van der Waals surface area contributed by atoms with Gasteiger partial charge >= 0.3 is 5.97 Å². The van der Waals surface area contributed by atoms with Crippen molar-refractivity contribution < 1.29 is 19.1 Å². The summed E-state index contributed by atoms with van der Waals surface area (Å²) >= 11 is 3.33. The summed E-state index contributed by atoms with van der Waals surface area (Å²) in [5.41, 5.74) is 2.79. The molecule has 150 valence electrons. The van der Waals surface area contributed by atoms with Crippen LogP contribution in [-0.2, 0) is 0 Å². The van der Waals surface area contributed by atoms with E-state index in [2.05, 4.69) is 15.9 Å². The van der Waals surface area contributed by atoms with Gasteiger partial charge in [0.25, 0.3) is 0 Å². The first-order chi connectivity index (χ1) is 14.4. The number of nitrogens with zero attached hydrogens (tertiary/aromatic N) is 1. The van der Waals surface area contributed by atoms with Crippen molar-refractivity contribution in [3.63, 3.8) is 0 Å². The lowest BCUT2D eigenvalue weighted by molar-refractivity contribution is 0.0734. The van der Waals surface area contributed by atoms with E-state index in [1.54, 1.807) is 48.5 Å². The number of benzene rings is 3. The van der Waals surface area contributed by atoms with Gasteiger partial charge in [-0.15, -0.1) is 0 Å². The molecule has 0 saturated heterocycles. The molecule has 0 aliphatic carbocycles. The van der Waals surface area contributed by atoms with Crippen LogP contribution in [-0.4, -0.2) is 25.8 Å². The molecule has 5 nitrogen and oxygen atoms in total. The Bertz CT molecular complexity index is 1150. The third-order valence-electron chi connectivity index (χ3n) is 4.64. The minimum atomic E-state index is -0.483. The number of ether oxygens (including phenoxy) is 2. The Hall–Kier alpha value is -3.38. The van der Waals surface area contributed by atoms with Crippen LogP contribution in [0.2, 0.25) is 0 Å². The van der Waals surface area contributed by atoms with Crippen molar-refractivity contribution >= 4 is 39.4 Å². The van der Waals surface area contributed by atoms with Crippen LogP contribution in [0.25, 0.3) is 6.08 Å². The lowest BCUT2D eigenvalue weighted by Crippen LogP contribution is -2.08. The highest BCUT2D eigenvalue weighted by Crippen LogP contribution is 2.35. The number of hydrogen-bond donors (Lipinski definition) is 0. The summed E-state index contributed by atoms with van der Waals surface area (Å²) in [7, 11) is 3.93. The molecule has 6 heteroatoms. The second kappa shape index (κ2) is 8.16. The average molecular weight is 464 g/mol.